The first-order valence-electron chi connectivity index (χ1n) is 9.16. The van der Waals surface area contributed by atoms with Crippen LogP contribution in [0.25, 0.3) is 0 Å². The molecule has 1 atom stereocenters. The van der Waals surface area contributed by atoms with Crippen molar-refractivity contribution in [2.75, 3.05) is 20.2 Å². The third-order valence-electron chi connectivity index (χ3n) is 5.61. The van der Waals surface area contributed by atoms with E-state index in [2.05, 4.69) is 26.8 Å². The van der Waals surface area contributed by atoms with Gasteiger partial charge in [-0.1, -0.05) is 24.1 Å². The second-order valence-electron chi connectivity index (χ2n) is 7.39. The lowest BCUT2D eigenvalue weighted by Gasteiger charge is -2.32. The average Bonchev–Trinajstić information content (AvgIpc) is 2.58. The van der Waals surface area contributed by atoms with Crippen molar-refractivity contribution in [1.29, 1.82) is 0 Å². The molecular weight excluding hydrogens is 302 g/mol. The van der Waals surface area contributed by atoms with E-state index in [9.17, 15) is 9.59 Å². The zero-order valence-corrected chi connectivity index (χ0v) is 15.6. The first-order valence-corrected chi connectivity index (χ1v) is 9.16. The molecule has 0 aromatic rings. The maximum atomic E-state index is 13.0. The van der Waals surface area contributed by atoms with Gasteiger partial charge in [0.25, 0.3) is 5.91 Å². The highest BCUT2D eigenvalue weighted by Gasteiger charge is 2.27. The van der Waals surface area contributed by atoms with Crippen molar-refractivity contribution < 1.29 is 14.3 Å². The van der Waals surface area contributed by atoms with E-state index in [1.807, 2.05) is 4.90 Å². The molecule has 1 amide bonds. The Hall–Kier alpha value is -1.58. The minimum absolute atomic E-state index is 0.147. The van der Waals surface area contributed by atoms with Crippen LogP contribution in [-0.4, -0.2) is 37.0 Å². The van der Waals surface area contributed by atoms with Crippen molar-refractivity contribution in [1.82, 2.24) is 4.90 Å². The second-order valence-corrected chi connectivity index (χ2v) is 7.39. The van der Waals surface area contributed by atoms with Crippen LogP contribution in [0.1, 0.15) is 59.3 Å². The Balaban J connectivity index is 2.03. The maximum absolute atomic E-state index is 13.0. The Kier molecular flexibility index (Phi) is 6.64. The average molecular weight is 333 g/mol. The second kappa shape index (κ2) is 8.50. The van der Waals surface area contributed by atoms with Gasteiger partial charge in [-0.3, -0.25) is 9.59 Å². The lowest BCUT2D eigenvalue weighted by molar-refractivity contribution is -0.142. The molecule has 0 radical (unpaired) electrons. The minimum atomic E-state index is -0.147. The number of carbonyl (C=O) groups excluding carboxylic acids is 2. The third-order valence-corrected chi connectivity index (χ3v) is 5.61. The van der Waals surface area contributed by atoms with E-state index in [0.717, 1.165) is 44.3 Å². The van der Waals surface area contributed by atoms with Crippen molar-refractivity contribution in [2.45, 2.75) is 59.3 Å². The Morgan fingerprint density at radius 1 is 1.21 bits per heavy atom. The van der Waals surface area contributed by atoms with Crippen LogP contribution < -0.4 is 0 Å². The number of piperidine rings is 1. The van der Waals surface area contributed by atoms with Gasteiger partial charge < -0.3 is 9.64 Å². The number of amides is 1. The molecule has 134 valence electrons. The van der Waals surface area contributed by atoms with Crippen LogP contribution in [0.5, 0.6) is 0 Å². The molecule has 1 unspecified atom stereocenters. The summed E-state index contributed by atoms with van der Waals surface area (Å²) in [7, 11) is 1.43. The van der Waals surface area contributed by atoms with E-state index >= 15 is 0 Å². The summed E-state index contributed by atoms with van der Waals surface area (Å²) in [5.74, 6) is 0.904. The van der Waals surface area contributed by atoms with E-state index in [1.54, 1.807) is 0 Å². The molecule has 4 nitrogen and oxygen atoms in total. The summed E-state index contributed by atoms with van der Waals surface area (Å²) < 4.78 is 4.75. The molecule has 0 aromatic heterocycles. The molecule has 4 heteroatoms. The number of methoxy groups -OCH3 is 1. The molecule has 1 saturated heterocycles. The molecule has 0 spiro atoms. The molecule has 1 heterocycles. The Morgan fingerprint density at radius 2 is 1.88 bits per heavy atom. The van der Waals surface area contributed by atoms with Crippen molar-refractivity contribution in [2.24, 2.45) is 11.8 Å². The molecule has 2 aliphatic rings. The van der Waals surface area contributed by atoms with Crippen LogP contribution in [-0.2, 0) is 14.3 Å². The molecule has 0 N–H and O–H groups in total. The third kappa shape index (κ3) is 4.71. The number of carbonyl (C=O) groups is 2. The first kappa shape index (κ1) is 18.8. The summed E-state index contributed by atoms with van der Waals surface area (Å²) >= 11 is 0. The quantitative estimate of drug-likeness (QED) is 0.737. The van der Waals surface area contributed by atoms with Crippen LogP contribution in [0.3, 0.4) is 0 Å². The van der Waals surface area contributed by atoms with Crippen molar-refractivity contribution >= 4 is 11.9 Å². The Morgan fingerprint density at radius 3 is 2.50 bits per heavy atom. The molecular formula is C20H31NO3. The summed E-state index contributed by atoms with van der Waals surface area (Å²) in [6.07, 6.45) is 7.70. The largest absolute Gasteiger partial charge is 0.469 e. The summed E-state index contributed by atoms with van der Waals surface area (Å²) in [4.78, 5) is 26.4. The SMILES string of the molecule is COC(=O)CC1CCN(C(=O)C2=C(\C)CCCC(C)/C(C)=C\2)CC1. The minimum Gasteiger partial charge on any atom is -0.469 e. The fourth-order valence-electron chi connectivity index (χ4n) is 3.60. The summed E-state index contributed by atoms with van der Waals surface area (Å²) in [5.41, 5.74) is 3.41. The molecule has 2 rings (SSSR count). The Labute approximate surface area is 145 Å². The van der Waals surface area contributed by atoms with Crippen LogP contribution in [0.4, 0.5) is 0 Å². The van der Waals surface area contributed by atoms with Gasteiger partial charge in [0.2, 0.25) is 0 Å². The summed E-state index contributed by atoms with van der Waals surface area (Å²) in [6.45, 7) is 7.95. The number of likely N-dealkylation sites (tertiary alicyclic amines) is 1. The highest BCUT2D eigenvalue weighted by Crippen LogP contribution is 2.28. The van der Waals surface area contributed by atoms with Crippen molar-refractivity contribution in [3.05, 3.63) is 22.8 Å². The highest BCUT2D eigenvalue weighted by atomic mass is 16.5. The monoisotopic (exact) mass is 333 g/mol. The predicted molar refractivity (Wildman–Crippen MR) is 95.4 cm³/mol. The molecule has 0 bridgehead atoms. The lowest BCUT2D eigenvalue weighted by Crippen LogP contribution is -2.39. The standard InChI is InChI=1S/C20H31NO3/c1-14-6-5-7-15(2)18(12-16(14)3)20(23)21-10-8-17(9-11-21)13-19(22)24-4/h12,14,17H,5-11,13H2,1-4H3/b16-12-,18-15+. The first-order chi connectivity index (χ1) is 11.4. The van der Waals surface area contributed by atoms with E-state index in [-0.39, 0.29) is 11.9 Å². The van der Waals surface area contributed by atoms with Gasteiger partial charge in [-0.15, -0.1) is 0 Å². The van der Waals surface area contributed by atoms with E-state index in [4.69, 9.17) is 4.74 Å². The van der Waals surface area contributed by atoms with Gasteiger partial charge >= 0.3 is 5.97 Å². The lowest BCUT2D eigenvalue weighted by atomic mass is 9.88. The fraction of sp³-hybridized carbons (Fsp3) is 0.700. The van der Waals surface area contributed by atoms with Gasteiger partial charge in [0.15, 0.2) is 0 Å². The Bertz CT molecular complexity index is 539. The van der Waals surface area contributed by atoms with Gasteiger partial charge in [-0.05, 0) is 57.8 Å². The maximum Gasteiger partial charge on any atom is 0.305 e. The van der Waals surface area contributed by atoms with Crippen molar-refractivity contribution in [3.8, 4) is 0 Å². The van der Waals surface area contributed by atoms with Gasteiger partial charge in [0.05, 0.1) is 7.11 Å². The summed E-state index contributed by atoms with van der Waals surface area (Å²) in [5, 5.41) is 0. The number of esters is 1. The molecule has 1 fully saturated rings. The number of allylic oxidation sites excluding steroid dienone is 2. The predicted octanol–water partition coefficient (Wildman–Crippen LogP) is 3.87. The van der Waals surface area contributed by atoms with E-state index in [1.165, 1.54) is 24.7 Å². The zero-order chi connectivity index (χ0) is 17.7. The van der Waals surface area contributed by atoms with E-state index < -0.39 is 0 Å². The van der Waals surface area contributed by atoms with Crippen LogP contribution in [0.2, 0.25) is 0 Å². The van der Waals surface area contributed by atoms with Crippen molar-refractivity contribution in [3.63, 3.8) is 0 Å². The number of hydrogen-bond donors (Lipinski definition) is 0. The number of hydrogen-bond acceptors (Lipinski definition) is 3. The van der Waals surface area contributed by atoms with Crippen LogP contribution >= 0.6 is 0 Å². The number of ether oxygens (including phenoxy) is 1. The fourth-order valence-corrected chi connectivity index (χ4v) is 3.60. The zero-order valence-electron chi connectivity index (χ0n) is 15.6. The van der Waals surface area contributed by atoms with Gasteiger partial charge in [-0.2, -0.15) is 0 Å². The molecule has 1 aliphatic carbocycles. The number of rotatable bonds is 3. The topological polar surface area (TPSA) is 46.6 Å². The van der Waals surface area contributed by atoms with Gasteiger partial charge in [-0.25, -0.2) is 0 Å². The molecule has 0 aromatic carbocycles. The van der Waals surface area contributed by atoms with E-state index in [0.29, 0.717) is 18.3 Å². The number of nitrogens with zero attached hydrogens (tertiary/aromatic N) is 1. The summed E-state index contributed by atoms with van der Waals surface area (Å²) in [6, 6.07) is 0. The molecule has 0 saturated carbocycles. The molecule has 24 heavy (non-hydrogen) atoms. The normalized spacial score (nSPS) is 28.6. The highest BCUT2D eigenvalue weighted by molar-refractivity contribution is 5.97. The smallest absolute Gasteiger partial charge is 0.305 e. The van der Waals surface area contributed by atoms with Gasteiger partial charge in [0.1, 0.15) is 0 Å². The molecule has 1 aliphatic heterocycles. The van der Waals surface area contributed by atoms with Gasteiger partial charge in [0, 0.05) is 25.1 Å². The van der Waals surface area contributed by atoms with Crippen LogP contribution in [0.15, 0.2) is 22.8 Å². The van der Waals surface area contributed by atoms with Crippen LogP contribution in [0, 0.1) is 11.8 Å².